The fraction of sp³-hybridized carbons (Fsp3) is 0.467. The summed E-state index contributed by atoms with van der Waals surface area (Å²) in [7, 11) is 0. The molecule has 0 radical (unpaired) electrons. The van der Waals surface area contributed by atoms with Crippen LogP contribution in [0, 0.1) is 0 Å². The zero-order chi connectivity index (χ0) is 12.1. The second kappa shape index (κ2) is 5.99. The van der Waals surface area contributed by atoms with Crippen molar-refractivity contribution < 1.29 is 0 Å². The first-order chi connectivity index (χ1) is 8.31. The van der Waals surface area contributed by atoms with Crippen molar-refractivity contribution >= 4 is 0 Å². The lowest BCUT2D eigenvalue weighted by atomic mass is 10.1. The van der Waals surface area contributed by atoms with Crippen LogP contribution in [0.25, 0.3) is 0 Å². The maximum atomic E-state index is 6.19. The second-order valence-electron chi connectivity index (χ2n) is 4.87. The first kappa shape index (κ1) is 12.3. The van der Waals surface area contributed by atoms with E-state index in [0.717, 1.165) is 19.5 Å². The van der Waals surface area contributed by atoms with Gasteiger partial charge >= 0.3 is 0 Å². The molecule has 0 unspecified atom stereocenters. The molecule has 2 nitrogen and oxygen atoms in total. The van der Waals surface area contributed by atoms with E-state index in [1.54, 1.807) is 0 Å². The van der Waals surface area contributed by atoms with Gasteiger partial charge < -0.3 is 5.73 Å². The lowest BCUT2D eigenvalue weighted by Gasteiger charge is -2.30. The van der Waals surface area contributed by atoms with Gasteiger partial charge in [0, 0.05) is 25.2 Å². The van der Waals surface area contributed by atoms with Gasteiger partial charge in [0.1, 0.15) is 0 Å². The summed E-state index contributed by atoms with van der Waals surface area (Å²) in [6, 6.07) is 11.5. The Morgan fingerprint density at radius 3 is 2.65 bits per heavy atom. The van der Waals surface area contributed by atoms with Gasteiger partial charge in [0.05, 0.1) is 0 Å². The van der Waals surface area contributed by atoms with Crippen LogP contribution >= 0.6 is 0 Å². The molecule has 92 valence electrons. The fourth-order valence-corrected chi connectivity index (χ4v) is 2.72. The van der Waals surface area contributed by atoms with Crippen LogP contribution in [-0.2, 0) is 6.54 Å². The van der Waals surface area contributed by atoms with E-state index in [-0.39, 0.29) is 0 Å². The Balaban J connectivity index is 2.04. The van der Waals surface area contributed by atoms with Crippen molar-refractivity contribution in [1.82, 2.24) is 4.90 Å². The van der Waals surface area contributed by atoms with Crippen LogP contribution < -0.4 is 5.73 Å². The van der Waals surface area contributed by atoms with Crippen molar-refractivity contribution in [3.8, 4) is 0 Å². The van der Waals surface area contributed by atoms with Gasteiger partial charge in [-0.15, -0.1) is 6.58 Å². The molecule has 1 aliphatic rings. The van der Waals surface area contributed by atoms with Crippen molar-refractivity contribution in [2.45, 2.75) is 37.9 Å². The molecule has 1 aliphatic carbocycles. The molecule has 0 saturated heterocycles. The van der Waals surface area contributed by atoms with Crippen LogP contribution in [0.2, 0.25) is 0 Å². The minimum absolute atomic E-state index is 0.332. The van der Waals surface area contributed by atoms with Crippen molar-refractivity contribution in [3.63, 3.8) is 0 Å². The van der Waals surface area contributed by atoms with Crippen LogP contribution in [0.3, 0.4) is 0 Å². The average molecular weight is 230 g/mol. The van der Waals surface area contributed by atoms with Crippen LogP contribution in [0.1, 0.15) is 24.8 Å². The predicted octanol–water partition coefficient (Wildman–Crippen LogP) is 2.55. The molecule has 0 aromatic heterocycles. The van der Waals surface area contributed by atoms with Gasteiger partial charge in [0.25, 0.3) is 0 Å². The summed E-state index contributed by atoms with van der Waals surface area (Å²) in [6.07, 6.45) is 5.62. The number of nitrogens with zero attached hydrogens (tertiary/aromatic N) is 1. The highest BCUT2D eigenvalue weighted by molar-refractivity contribution is 5.15. The smallest absolute Gasteiger partial charge is 0.0254 e. The summed E-state index contributed by atoms with van der Waals surface area (Å²) in [4.78, 5) is 2.46. The number of benzene rings is 1. The summed E-state index contributed by atoms with van der Waals surface area (Å²) < 4.78 is 0. The van der Waals surface area contributed by atoms with Crippen molar-refractivity contribution in [2.75, 3.05) is 6.54 Å². The van der Waals surface area contributed by atoms with Gasteiger partial charge in [0.15, 0.2) is 0 Å². The molecule has 0 amide bonds. The first-order valence-electron chi connectivity index (χ1n) is 6.45. The summed E-state index contributed by atoms with van der Waals surface area (Å²) >= 11 is 0. The lowest BCUT2D eigenvalue weighted by Crippen LogP contribution is -2.44. The minimum Gasteiger partial charge on any atom is -0.326 e. The highest BCUT2D eigenvalue weighted by Gasteiger charge is 2.28. The number of nitrogens with two attached hydrogens (primary N) is 1. The highest BCUT2D eigenvalue weighted by Crippen LogP contribution is 2.24. The van der Waals surface area contributed by atoms with E-state index >= 15 is 0 Å². The monoisotopic (exact) mass is 230 g/mol. The number of rotatable bonds is 5. The summed E-state index contributed by atoms with van der Waals surface area (Å²) in [6.45, 7) is 5.76. The molecule has 1 fully saturated rings. The Labute approximate surface area is 104 Å². The van der Waals surface area contributed by atoms with E-state index in [1.165, 1.54) is 18.4 Å². The number of hydrogen-bond acceptors (Lipinski definition) is 2. The molecule has 0 aliphatic heterocycles. The van der Waals surface area contributed by atoms with E-state index in [0.29, 0.717) is 12.1 Å². The Kier molecular flexibility index (Phi) is 4.35. The van der Waals surface area contributed by atoms with Gasteiger partial charge in [-0.05, 0) is 18.4 Å². The quantitative estimate of drug-likeness (QED) is 0.788. The predicted molar refractivity (Wildman–Crippen MR) is 72.7 cm³/mol. The topological polar surface area (TPSA) is 29.3 Å². The lowest BCUT2D eigenvalue weighted by molar-refractivity contribution is 0.196. The van der Waals surface area contributed by atoms with Crippen molar-refractivity contribution in [1.29, 1.82) is 0 Å². The van der Waals surface area contributed by atoms with E-state index < -0.39 is 0 Å². The van der Waals surface area contributed by atoms with Crippen molar-refractivity contribution in [2.24, 2.45) is 5.73 Å². The molecular weight excluding hydrogens is 208 g/mol. The van der Waals surface area contributed by atoms with E-state index in [4.69, 9.17) is 5.73 Å². The van der Waals surface area contributed by atoms with E-state index in [9.17, 15) is 0 Å². The Bertz CT molecular complexity index is 347. The van der Waals surface area contributed by atoms with Crippen LogP contribution in [0.15, 0.2) is 43.0 Å². The van der Waals surface area contributed by atoms with Crippen LogP contribution in [0.4, 0.5) is 0 Å². The minimum atomic E-state index is 0.332. The Morgan fingerprint density at radius 1 is 1.29 bits per heavy atom. The average Bonchev–Trinajstić information content (AvgIpc) is 2.76. The first-order valence-corrected chi connectivity index (χ1v) is 6.45. The molecule has 17 heavy (non-hydrogen) atoms. The van der Waals surface area contributed by atoms with Gasteiger partial charge in [-0.3, -0.25) is 4.90 Å². The zero-order valence-corrected chi connectivity index (χ0v) is 10.4. The van der Waals surface area contributed by atoms with Crippen molar-refractivity contribution in [3.05, 3.63) is 48.6 Å². The van der Waals surface area contributed by atoms with Gasteiger partial charge in [0.2, 0.25) is 0 Å². The molecule has 1 aromatic rings. The maximum Gasteiger partial charge on any atom is 0.0254 e. The highest BCUT2D eigenvalue weighted by atomic mass is 15.2. The van der Waals surface area contributed by atoms with Gasteiger partial charge in [-0.25, -0.2) is 0 Å². The fourth-order valence-electron chi connectivity index (χ4n) is 2.72. The SMILES string of the molecule is C=CCN(Cc1ccccc1)[C@H]1CCC[C@@H]1N. The molecule has 0 bridgehead atoms. The van der Waals surface area contributed by atoms with Gasteiger partial charge in [-0.2, -0.15) is 0 Å². The second-order valence-corrected chi connectivity index (χ2v) is 4.87. The molecule has 2 heteroatoms. The molecule has 1 saturated carbocycles. The zero-order valence-electron chi connectivity index (χ0n) is 10.4. The summed E-state index contributed by atoms with van der Waals surface area (Å²) in [5.74, 6) is 0. The molecule has 2 rings (SSSR count). The third-order valence-corrected chi connectivity index (χ3v) is 3.59. The van der Waals surface area contributed by atoms with E-state index in [1.807, 2.05) is 6.08 Å². The molecule has 1 aromatic carbocycles. The summed E-state index contributed by atoms with van der Waals surface area (Å²) in [5.41, 5.74) is 7.54. The largest absolute Gasteiger partial charge is 0.326 e. The molecule has 0 spiro atoms. The van der Waals surface area contributed by atoms with Gasteiger partial charge in [-0.1, -0.05) is 42.8 Å². The molecule has 2 N–H and O–H groups in total. The Morgan fingerprint density at radius 2 is 2.06 bits per heavy atom. The number of hydrogen-bond donors (Lipinski definition) is 1. The normalized spacial score (nSPS) is 24.1. The van der Waals surface area contributed by atoms with Crippen LogP contribution in [0.5, 0.6) is 0 Å². The molecule has 2 atom stereocenters. The van der Waals surface area contributed by atoms with E-state index in [2.05, 4.69) is 41.8 Å². The molecular formula is C15H22N2. The summed E-state index contributed by atoms with van der Waals surface area (Å²) in [5, 5.41) is 0. The third kappa shape index (κ3) is 3.18. The third-order valence-electron chi connectivity index (χ3n) is 3.59. The molecule has 0 heterocycles. The Hall–Kier alpha value is -1.12. The van der Waals surface area contributed by atoms with Crippen LogP contribution in [-0.4, -0.2) is 23.5 Å². The maximum absolute atomic E-state index is 6.19. The standard InChI is InChI=1S/C15H22N2/c1-2-11-17(15-10-6-9-14(15)16)12-13-7-4-3-5-8-13/h2-5,7-8,14-15H,1,6,9-12,16H2/t14-,15-/m0/s1.